The molecular weight excluding hydrogens is 224 g/mol. The topological polar surface area (TPSA) is 53.6 Å². The second-order valence-electron chi connectivity index (χ2n) is 4.75. The first-order valence-electron chi connectivity index (χ1n) is 6.63. The van der Waals surface area contributed by atoms with Crippen LogP contribution >= 0.6 is 0 Å². The molecule has 0 spiro atoms. The Morgan fingerprint density at radius 2 is 2.28 bits per heavy atom. The average molecular weight is 242 g/mol. The van der Waals surface area contributed by atoms with Gasteiger partial charge in [0.1, 0.15) is 17.8 Å². The minimum Gasteiger partial charge on any atom is -0.369 e. The van der Waals surface area contributed by atoms with Crippen LogP contribution in [0.4, 0.5) is 5.82 Å². The summed E-state index contributed by atoms with van der Waals surface area (Å²) in [6.07, 6.45) is 12.2. The van der Waals surface area contributed by atoms with Crippen LogP contribution in [0.5, 0.6) is 0 Å². The minimum absolute atomic E-state index is 0.893. The van der Waals surface area contributed by atoms with Crippen molar-refractivity contribution < 1.29 is 0 Å². The Labute approximate surface area is 107 Å². The first-order chi connectivity index (χ1) is 8.93. The van der Waals surface area contributed by atoms with Crippen molar-refractivity contribution in [3.05, 3.63) is 30.2 Å². The third-order valence-electron chi connectivity index (χ3n) is 3.48. The van der Waals surface area contributed by atoms with Gasteiger partial charge in [-0.25, -0.2) is 9.97 Å². The van der Waals surface area contributed by atoms with Gasteiger partial charge in [0.25, 0.3) is 0 Å². The van der Waals surface area contributed by atoms with Crippen molar-refractivity contribution in [1.82, 2.24) is 15.0 Å². The van der Waals surface area contributed by atoms with Crippen molar-refractivity contribution in [3.8, 4) is 0 Å². The lowest BCUT2D eigenvalue weighted by Gasteiger charge is -2.13. The molecule has 0 aromatic carbocycles. The number of fused-ring (bicyclic) bond motifs is 1. The Balaban J connectivity index is 1.62. The SMILES string of the molecule is C1=C(CCNc2ncnc3[nH]ccc23)CCCC1. The van der Waals surface area contributed by atoms with Gasteiger partial charge in [-0.1, -0.05) is 11.6 Å². The molecule has 94 valence electrons. The maximum atomic E-state index is 4.30. The summed E-state index contributed by atoms with van der Waals surface area (Å²) in [4.78, 5) is 11.6. The summed E-state index contributed by atoms with van der Waals surface area (Å²) in [7, 11) is 0. The van der Waals surface area contributed by atoms with Crippen molar-refractivity contribution in [1.29, 1.82) is 0 Å². The molecule has 18 heavy (non-hydrogen) atoms. The Bertz CT molecular complexity index is 556. The second-order valence-corrected chi connectivity index (χ2v) is 4.75. The molecule has 0 aliphatic heterocycles. The third-order valence-corrected chi connectivity index (χ3v) is 3.48. The standard InChI is InChI=1S/C14H18N4/c1-2-4-11(5-3-1)6-8-15-13-12-7-9-16-14(12)18-10-17-13/h4,7,9-10H,1-3,5-6,8H2,(H2,15,16,17,18). The highest BCUT2D eigenvalue weighted by atomic mass is 15.0. The Kier molecular flexibility index (Phi) is 3.26. The number of aromatic amines is 1. The van der Waals surface area contributed by atoms with Gasteiger partial charge in [-0.3, -0.25) is 0 Å². The molecule has 0 unspecified atom stereocenters. The lowest BCUT2D eigenvalue weighted by molar-refractivity contribution is 0.679. The monoisotopic (exact) mass is 242 g/mol. The van der Waals surface area contributed by atoms with Crippen LogP contribution in [0.2, 0.25) is 0 Å². The van der Waals surface area contributed by atoms with E-state index in [0.717, 1.165) is 29.8 Å². The van der Waals surface area contributed by atoms with Crippen LogP contribution in [0, 0.1) is 0 Å². The summed E-state index contributed by atoms with van der Waals surface area (Å²) in [5.74, 6) is 0.928. The number of nitrogens with zero attached hydrogens (tertiary/aromatic N) is 2. The number of hydrogen-bond donors (Lipinski definition) is 2. The van der Waals surface area contributed by atoms with Crippen LogP contribution in [-0.2, 0) is 0 Å². The van der Waals surface area contributed by atoms with Crippen molar-refractivity contribution >= 4 is 16.9 Å². The summed E-state index contributed by atoms with van der Waals surface area (Å²) in [6.45, 7) is 0.948. The van der Waals surface area contributed by atoms with Gasteiger partial charge in [0, 0.05) is 12.7 Å². The fourth-order valence-corrected chi connectivity index (χ4v) is 2.49. The molecule has 0 saturated heterocycles. The van der Waals surface area contributed by atoms with Crippen molar-refractivity contribution in [3.63, 3.8) is 0 Å². The predicted octanol–water partition coefficient (Wildman–Crippen LogP) is 3.26. The fraction of sp³-hybridized carbons (Fsp3) is 0.429. The van der Waals surface area contributed by atoms with Gasteiger partial charge in [0.2, 0.25) is 0 Å². The Hall–Kier alpha value is -1.84. The molecule has 2 N–H and O–H groups in total. The van der Waals surface area contributed by atoms with Crippen molar-refractivity contribution in [2.45, 2.75) is 32.1 Å². The zero-order valence-electron chi connectivity index (χ0n) is 10.4. The molecule has 2 aromatic heterocycles. The van der Waals surface area contributed by atoms with Gasteiger partial charge in [-0.15, -0.1) is 0 Å². The molecule has 0 fully saturated rings. The van der Waals surface area contributed by atoms with Gasteiger partial charge in [-0.05, 0) is 38.2 Å². The van der Waals surface area contributed by atoms with Crippen LogP contribution in [0.15, 0.2) is 30.2 Å². The van der Waals surface area contributed by atoms with E-state index in [1.807, 2.05) is 12.3 Å². The summed E-state index contributed by atoms with van der Waals surface area (Å²) in [5.41, 5.74) is 2.48. The zero-order chi connectivity index (χ0) is 12.2. The molecule has 3 rings (SSSR count). The summed E-state index contributed by atoms with van der Waals surface area (Å²) < 4.78 is 0. The second kappa shape index (κ2) is 5.21. The van der Waals surface area contributed by atoms with E-state index < -0.39 is 0 Å². The van der Waals surface area contributed by atoms with E-state index in [4.69, 9.17) is 0 Å². The normalized spacial score (nSPS) is 15.7. The van der Waals surface area contributed by atoms with Gasteiger partial charge >= 0.3 is 0 Å². The van der Waals surface area contributed by atoms with E-state index in [2.05, 4.69) is 26.3 Å². The van der Waals surface area contributed by atoms with Gasteiger partial charge < -0.3 is 10.3 Å². The maximum Gasteiger partial charge on any atom is 0.142 e. The molecule has 4 heteroatoms. The first-order valence-corrected chi connectivity index (χ1v) is 6.63. The molecular formula is C14H18N4. The molecule has 0 radical (unpaired) electrons. The highest BCUT2D eigenvalue weighted by Crippen LogP contribution is 2.21. The van der Waals surface area contributed by atoms with E-state index in [1.54, 1.807) is 11.9 Å². The van der Waals surface area contributed by atoms with Crippen LogP contribution in [0.25, 0.3) is 11.0 Å². The van der Waals surface area contributed by atoms with Crippen molar-refractivity contribution in [2.75, 3.05) is 11.9 Å². The van der Waals surface area contributed by atoms with Gasteiger partial charge in [-0.2, -0.15) is 0 Å². The zero-order valence-corrected chi connectivity index (χ0v) is 10.4. The number of nitrogens with one attached hydrogen (secondary N) is 2. The number of allylic oxidation sites excluding steroid dienone is 1. The van der Waals surface area contributed by atoms with Gasteiger partial charge in [0.05, 0.1) is 5.39 Å². The van der Waals surface area contributed by atoms with E-state index in [-0.39, 0.29) is 0 Å². The summed E-state index contributed by atoms with van der Waals surface area (Å²) in [5, 5.41) is 4.47. The lowest BCUT2D eigenvalue weighted by atomic mass is 9.97. The number of H-pyrrole nitrogens is 1. The molecule has 0 amide bonds. The third kappa shape index (κ3) is 2.37. The number of anilines is 1. The largest absolute Gasteiger partial charge is 0.369 e. The minimum atomic E-state index is 0.893. The molecule has 0 saturated carbocycles. The number of hydrogen-bond acceptors (Lipinski definition) is 3. The van der Waals surface area contributed by atoms with Crippen LogP contribution in [-0.4, -0.2) is 21.5 Å². The van der Waals surface area contributed by atoms with E-state index >= 15 is 0 Å². The predicted molar refractivity (Wildman–Crippen MR) is 73.5 cm³/mol. The first kappa shape index (κ1) is 11.3. The number of rotatable bonds is 4. The highest BCUT2D eigenvalue weighted by Gasteiger charge is 2.05. The smallest absolute Gasteiger partial charge is 0.142 e. The molecule has 2 heterocycles. The Morgan fingerprint density at radius 3 is 3.17 bits per heavy atom. The van der Waals surface area contributed by atoms with E-state index in [0.29, 0.717) is 0 Å². The maximum absolute atomic E-state index is 4.30. The average Bonchev–Trinajstić information content (AvgIpc) is 2.89. The molecule has 0 bridgehead atoms. The summed E-state index contributed by atoms with van der Waals surface area (Å²) in [6, 6.07) is 2.01. The van der Waals surface area contributed by atoms with Crippen LogP contribution < -0.4 is 5.32 Å². The molecule has 1 aliphatic carbocycles. The fourth-order valence-electron chi connectivity index (χ4n) is 2.49. The summed E-state index contributed by atoms with van der Waals surface area (Å²) >= 11 is 0. The van der Waals surface area contributed by atoms with E-state index in [1.165, 1.54) is 25.7 Å². The van der Waals surface area contributed by atoms with E-state index in [9.17, 15) is 0 Å². The van der Waals surface area contributed by atoms with Crippen LogP contribution in [0.1, 0.15) is 32.1 Å². The molecule has 2 aromatic rings. The lowest BCUT2D eigenvalue weighted by Crippen LogP contribution is -2.06. The van der Waals surface area contributed by atoms with Crippen LogP contribution in [0.3, 0.4) is 0 Å². The number of aromatic nitrogens is 3. The highest BCUT2D eigenvalue weighted by molar-refractivity contribution is 5.86. The quantitative estimate of drug-likeness (QED) is 0.809. The molecule has 1 aliphatic rings. The van der Waals surface area contributed by atoms with Gasteiger partial charge in [0.15, 0.2) is 0 Å². The van der Waals surface area contributed by atoms with Crippen molar-refractivity contribution in [2.24, 2.45) is 0 Å². The molecule has 0 atom stereocenters. The Morgan fingerprint density at radius 1 is 1.28 bits per heavy atom. The molecule has 4 nitrogen and oxygen atoms in total.